The molecule has 0 saturated carbocycles. The highest BCUT2D eigenvalue weighted by atomic mass is 35.5. The Kier molecular flexibility index (Phi) is 5.50. The number of halogens is 1. The number of anilines is 1. The molecule has 144 valence electrons. The van der Waals surface area contributed by atoms with Crippen LogP contribution in [0, 0.1) is 0 Å². The molecule has 1 N–H and O–H groups in total. The summed E-state index contributed by atoms with van der Waals surface area (Å²) >= 11 is 6.25. The molecule has 0 aromatic heterocycles. The summed E-state index contributed by atoms with van der Waals surface area (Å²) in [5.74, 6) is 0.403. The van der Waals surface area contributed by atoms with Gasteiger partial charge in [-0.3, -0.25) is 9.69 Å². The van der Waals surface area contributed by atoms with Gasteiger partial charge >= 0.3 is 0 Å². The van der Waals surface area contributed by atoms with E-state index in [2.05, 4.69) is 43.2 Å². The third-order valence-electron chi connectivity index (χ3n) is 5.08. The van der Waals surface area contributed by atoms with Crippen molar-refractivity contribution < 1.29 is 9.53 Å². The monoisotopic (exact) mass is 386 g/mol. The molecule has 0 atom stereocenters. The van der Waals surface area contributed by atoms with E-state index in [9.17, 15) is 4.79 Å². The maximum Gasteiger partial charge on any atom is 0.255 e. The zero-order chi connectivity index (χ0) is 19.8. The van der Waals surface area contributed by atoms with Crippen LogP contribution >= 0.6 is 11.6 Å². The Hall–Kier alpha value is -2.04. The molecule has 1 aliphatic heterocycles. The number of carbonyl (C=O) groups is 1. The molecule has 5 heteroatoms. The molecule has 3 rings (SSSR count). The molecular weight excluding hydrogens is 360 g/mol. The highest BCUT2D eigenvalue weighted by Gasteiger charge is 2.30. The molecule has 1 amide bonds. The average Bonchev–Trinajstić information content (AvgIpc) is 2.57. The van der Waals surface area contributed by atoms with Crippen LogP contribution in [0.25, 0.3) is 0 Å². The second-order valence-electron chi connectivity index (χ2n) is 8.09. The first-order valence-electron chi connectivity index (χ1n) is 9.26. The molecule has 0 bridgehead atoms. The lowest BCUT2D eigenvalue weighted by molar-refractivity contribution is 0.102. The smallest absolute Gasteiger partial charge is 0.255 e. The molecular formula is C22H27ClN2O2. The van der Waals surface area contributed by atoms with Crippen LogP contribution in [0.1, 0.15) is 49.2 Å². The van der Waals surface area contributed by atoms with Crippen molar-refractivity contribution in [2.24, 2.45) is 0 Å². The molecule has 2 aromatic rings. The Morgan fingerprint density at radius 3 is 2.59 bits per heavy atom. The summed E-state index contributed by atoms with van der Waals surface area (Å²) in [6.07, 6.45) is 1.03. The molecule has 0 saturated heterocycles. The van der Waals surface area contributed by atoms with Crippen molar-refractivity contribution in [2.45, 2.75) is 52.3 Å². The molecule has 0 fully saturated rings. The Morgan fingerprint density at radius 2 is 1.93 bits per heavy atom. The van der Waals surface area contributed by atoms with Gasteiger partial charge in [-0.2, -0.15) is 0 Å². The van der Waals surface area contributed by atoms with Gasteiger partial charge < -0.3 is 10.1 Å². The minimum absolute atomic E-state index is 0.0285. The van der Waals surface area contributed by atoms with Crippen LogP contribution in [0.2, 0.25) is 5.02 Å². The highest BCUT2D eigenvalue weighted by molar-refractivity contribution is 6.32. The number of nitrogens with zero attached hydrogens (tertiary/aromatic N) is 1. The Morgan fingerprint density at radius 1 is 1.19 bits per heavy atom. The van der Waals surface area contributed by atoms with Crippen LogP contribution < -0.4 is 10.1 Å². The Balaban J connectivity index is 1.75. The van der Waals surface area contributed by atoms with Crippen LogP contribution in [0.4, 0.5) is 5.69 Å². The van der Waals surface area contributed by atoms with E-state index in [0.717, 1.165) is 18.7 Å². The molecule has 0 aliphatic carbocycles. The van der Waals surface area contributed by atoms with Crippen molar-refractivity contribution >= 4 is 23.2 Å². The zero-order valence-corrected chi connectivity index (χ0v) is 17.4. The number of nitrogens with one attached hydrogen (secondary N) is 1. The fourth-order valence-electron chi connectivity index (χ4n) is 3.29. The van der Waals surface area contributed by atoms with Gasteiger partial charge in [-0.15, -0.1) is 0 Å². The number of hydrogen-bond acceptors (Lipinski definition) is 3. The highest BCUT2D eigenvalue weighted by Crippen LogP contribution is 2.31. The van der Waals surface area contributed by atoms with E-state index >= 15 is 0 Å². The predicted octanol–water partition coefficient (Wildman–Crippen LogP) is 5.15. The van der Waals surface area contributed by atoms with E-state index in [0.29, 0.717) is 16.3 Å². The maximum atomic E-state index is 12.6. The van der Waals surface area contributed by atoms with Gasteiger partial charge in [-0.25, -0.2) is 0 Å². The SMILES string of the molecule is CC(C)Oc1ccc(C(=O)Nc2ccc3c(c2)CN(C)C(C)(C)C3)cc1Cl. The van der Waals surface area contributed by atoms with Crippen LogP contribution in [-0.2, 0) is 13.0 Å². The molecule has 2 aromatic carbocycles. The summed E-state index contributed by atoms with van der Waals surface area (Å²) in [5, 5.41) is 3.41. The topological polar surface area (TPSA) is 41.6 Å². The van der Waals surface area contributed by atoms with E-state index < -0.39 is 0 Å². The van der Waals surface area contributed by atoms with Crippen molar-refractivity contribution in [2.75, 3.05) is 12.4 Å². The predicted molar refractivity (Wildman–Crippen MR) is 111 cm³/mol. The summed E-state index contributed by atoms with van der Waals surface area (Å²) < 4.78 is 5.62. The van der Waals surface area contributed by atoms with Gasteiger partial charge in [0.2, 0.25) is 0 Å². The van der Waals surface area contributed by atoms with Crippen LogP contribution in [0.5, 0.6) is 5.75 Å². The van der Waals surface area contributed by atoms with Gasteiger partial charge in [0.1, 0.15) is 5.75 Å². The fourth-order valence-corrected chi connectivity index (χ4v) is 3.51. The van der Waals surface area contributed by atoms with Gasteiger partial charge in [0.25, 0.3) is 5.91 Å². The van der Waals surface area contributed by atoms with Crippen molar-refractivity contribution in [3.8, 4) is 5.75 Å². The maximum absolute atomic E-state index is 12.6. The quantitative estimate of drug-likeness (QED) is 0.790. The fraction of sp³-hybridized carbons (Fsp3) is 0.409. The first-order valence-corrected chi connectivity index (χ1v) is 9.64. The number of benzene rings is 2. The van der Waals surface area contributed by atoms with Crippen LogP contribution in [-0.4, -0.2) is 29.5 Å². The lowest BCUT2D eigenvalue weighted by Crippen LogP contribution is -2.45. The molecule has 27 heavy (non-hydrogen) atoms. The normalized spacial score (nSPS) is 16.1. The zero-order valence-electron chi connectivity index (χ0n) is 16.6. The van der Waals surface area contributed by atoms with E-state index in [1.54, 1.807) is 18.2 Å². The molecule has 0 radical (unpaired) electrons. The summed E-state index contributed by atoms with van der Waals surface area (Å²) in [6.45, 7) is 9.25. The summed E-state index contributed by atoms with van der Waals surface area (Å²) in [4.78, 5) is 15.0. The van der Waals surface area contributed by atoms with Crippen LogP contribution in [0.15, 0.2) is 36.4 Å². The van der Waals surface area contributed by atoms with Crippen molar-refractivity contribution in [3.05, 3.63) is 58.1 Å². The van der Waals surface area contributed by atoms with Gasteiger partial charge in [-0.1, -0.05) is 17.7 Å². The number of amides is 1. The number of ether oxygens (including phenoxy) is 1. The summed E-state index contributed by atoms with van der Waals surface area (Å²) in [6, 6.07) is 11.3. The summed E-state index contributed by atoms with van der Waals surface area (Å²) in [5.41, 5.74) is 4.05. The van der Waals surface area contributed by atoms with Gasteiger partial charge in [0, 0.05) is 23.3 Å². The number of hydrogen-bond donors (Lipinski definition) is 1. The number of fused-ring (bicyclic) bond motifs is 1. The van der Waals surface area contributed by atoms with E-state index in [1.165, 1.54) is 11.1 Å². The minimum Gasteiger partial charge on any atom is -0.489 e. The largest absolute Gasteiger partial charge is 0.489 e. The standard InChI is InChI=1S/C22H27ClN2O2/c1-14(2)27-20-9-7-15(11-19(20)23)21(26)24-18-8-6-16-12-22(3,4)25(5)13-17(16)10-18/h6-11,14H,12-13H2,1-5H3,(H,24,26). The Labute approximate surface area is 166 Å². The van der Waals surface area contributed by atoms with Crippen molar-refractivity contribution in [1.82, 2.24) is 4.90 Å². The van der Waals surface area contributed by atoms with E-state index in [-0.39, 0.29) is 17.6 Å². The second kappa shape index (κ2) is 7.53. The van der Waals surface area contributed by atoms with Crippen molar-refractivity contribution in [3.63, 3.8) is 0 Å². The summed E-state index contributed by atoms with van der Waals surface area (Å²) in [7, 11) is 2.14. The van der Waals surface area contributed by atoms with Gasteiger partial charge in [0.15, 0.2) is 0 Å². The third kappa shape index (κ3) is 4.45. The first-order chi connectivity index (χ1) is 12.7. The minimum atomic E-state index is -0.183. The molecule has 4 nitrogen and oxygen atoms in total. The van der Waals surface area contributed by atoms with E-state index in [1.807, 2.05) is 19.9 Å². The number of carbonyl (C=O) groups excluding carboxylic acids is 1. The average molecular weight is 387 g/mol. The number of likely N-dealkylation sites (N-methyl/N-ethyl adjacent to an activating group) is 1. The second-order valence-corrected chi connectivity index (χ2v) is 8.50. The van der Waals surface area contributed by atoms with Crippen LogP contribution in [0.3, 0.4) is 0 Å². The molecule has 0 spiro atoms. The Bertz CT molecular complexity index is 861. The molecule has 1 aliphatic rings. The number of rotatable bonds is 4. The van der Waals surface area contributed by atoms with E-state index in [4.69, 9.17) is 16.3 Å². The molecule has 0 unspecified atom stereocenters. The van der Waals surface area contributed by atoms with Gasteiger partial charge in [-0.05, 0) is 82.6 Å². The van der Waals surface area contributed by atoms with Crippen molar-refractivity contribution in [1.29, 1.82) is 0 Å². The third-order valence-corrected chi connectivity index (χ3v) is 5.38. The first kappa shape index (κ1) is 19.7. The lowest BCUT2D eigenvalue weighted by Gasteiger charge is -2.41. The lowest BCUT2D eigenvalue weighted by atomic mass is 9.86. The molecule has 1 heterocycles. The van der Waals surface area contributed by atoms with Gasteiger partial charge in [0.05, 0.1) is 11.1 Å².